The minimum atomic E-state index is -0.355. The topological polar surface area (TPSA) is 94.3 Å². The van der Waals surface area contributed by atoms with Crippen molar-refractivity contribution in [3.05, 3.63) is 41.4 Å². The summed E-state index contributed by atoms with van der Waals surface area (Å²) in [5, 5.41) is 5.02. The van der Waals surface area contributed by atoms with E-state index in [4.69, 9.17) is 10.5 Å². The van der Waals surface area contributed by atoms with Crippen molar-refractivity contribution in [2.75, 3.05) is 17.7 Å². The van der Waals surface area contributed by atoms with Crippen molar-refractivity contribution in [3.8, 4) is 5.75 Å². The van der Waals surface area contributed by atoms with Crippen LogP contribution in [0.25, 0.3) is 0 Å². The number of hydrogen-bond donors (Lipinski definition) is 2. The number of nitrogens with two attached hydrogens (primary N) is 1. The van der Waals surface area contributed by atoms with Gasteiger partial charge in [0, 0.05) is 11.1 Å². The van der Waals surface area contributed by atoms with E-state index >= 15 is 0 Å². The van der Waals surface area contributed by atoms with Crippen molar-refractivity contribution in [2.24, 2.45) is 5.73 Å². The van der Waals surface area contributed by atoms with Crippen molar-refractivity contribution in [1.29, 1.82) is 0 Å². The predicted octanol–water partition coefficient (Wildman–Crippen LogP) is 1.88. The van der Waals surface area contributed by atoms with Gasteiger partial charge in [0.1, 0.15) is 5.75 Å². The first-order chi connectivity index (χ1) is 10.6. The fourth-order valence-corrected chi connectivity index (χ4v) is 3.00. The van der Waals surface area contributed by atoms with Crippen molar-refractivity contribution < 1.29 is 14.3 Å². The average Bonchev–Trinajstić information content (AvgIpc) is 2.93. The van der Waals surface area contributed by atoms with Crippen LogP contribution in [-0.4, -0.2) is 29.2 Å². The monoisotopic (exact) mass is 337 g/mol. The Morgan fingerprint density at radius 3 is 2.82 bits per heavy atom. The minimum Gasteiger partial charge on any atom is -0.484 e. The third kappa shape index (κ3) is 5.74. The summed E-state index contributed by atoms with van der Waals surface area (Å²) in [5.41, 5.74) is 5.86. The zero-order chi connectivity index (χ0) is 15.8. The number of nitrogens with zero attached hydrogens (tertiary/aromatic N) is 1. The molecular formula is C14H15N3O3S2. The van der Waals surface area contributed by atoms with Gasteiger partial charge in [-0.2, -0.15) is 0 Å². The maximum Gasteiger partial charge on any atom is 0.264 e. The van der Waals surface area contributed by atoms with Gasteiger partial charge in [-0.15, -0.1) is 23.1 Å². The van der Waals surface area contributed by atoms with E-state index < -0.39 is 0 Å². The summed E-state index contributed by atoms with van der Waals surface area (Å²) in [4.78, 5) is 26.7. The maximum absolute atomic E-state index is 11.8. The second kappa shape index (κ2) is 8.40. The molecule has 116 valence electrons. The third-order valence-corrected chi connectivity index (χ3v) is 4.20. The standard InChI is InChI=1S/C14H15N3O3S2/c15-12(18)9-21-7-10-8-22-14(16-10)17-13(19)6-20-11-4-2-1-3-5-11/h1-5,8H,6-7,9H2,(H2,15,18)(H,16,17,19). The van der Waals surface area contributed by atoms with Crippen LogP contribution in [0.4, 0.5) is 5.13 Å². The molecule has 22 heavy (non-hydrogen) atoms. The first-order valence-electron chi connectivity index (χ1n) is 6.41. The lowest BCUT2D eigenvalue weighted by molar-refractivity contribution is -0.118. The summed E-state index contributed by atoms with van der Waals surface area (Å²) < 4.78 is 5.35. The van der Waals surface area contributed by atoms with Gasteiger partial charge in [0.05, 0.1) is 11.4 Å². The number of rotatable bonds is 8. The van der Waals surface area contributed by atoms with Crippen molar-refractivity contribution >= 4 is 40.0 Å². The molecule has 0 atom stereocenters. The summed E-state index contributed by atoms with van der Waals surface area (Å²) in [6.45, 7) is -0.0741. The van der Waals surface area contributed by atoms with Crippen LogP contribution >= 0.6 is 23.1 Å². The van der Waals surface area contributed by atoms with Crippen LogP contribution in [0.15, 0.2) is 35.7 Å². The van der Waals surface area contributed by atoms with Gasteiger partial charge in [0.15, 0.2) is 11.7 Å². The number of hydrogen-bond acceptors (Lipinski definition) is 6. The van der Waals surface area contributed by atoms with E-state index in [1.165, 1.54) is 23.1 Å². The lowest BCUT2D eigenvalue weighted by Crippen LogP contribution is -2.20. The van der Waals surface area contributed by atoms with Crippen molar-refractivity contribution in [2.45, 2.75) is 5.75 Å². The zero-order valence-corrected chi connectivity index (χ0v) is 13.3. The van der Waals surface area contributed by atoms with Crippen LogP contribution in [0.5, 0.6) is 5.75 Å². The fraction of sp³-hybridized carbons (Fsp3) is 0.214. The molecule has 0 fully saturated rings. The van der Waals surface area contributed by atoms with Crippen LogP contribution in [0.1, 0.15) is 5.69 Å². The second-order valence-electron chi connectivity index (χ2n) is 4.25. The van der Waals surface area contributed by atoms with E-state index in [-0.39, 0.29) is 24.2 Å². The number of primary amides is 1. The molecule has 1 aromatic heterocycles. The molecule has 3 N–H and O–H groups in total. The van der Waals surface area contributed by atoms with E-state index in [2.05, 4.69) is 10.3 Å². The molecule has 0 saturated heterocycles. The van der Waals surface area contributed by atoms with Crippen molar-refractivity contribution in [1.82, 2.24) is 4.98 Å². The highest BCUT2D eigenvalue weighted by Crippen LogP contribution is 2.19. The largest absolute Gasteiger partial charge is 0.484 e. The average molecular weight is 337 g/mol. The summed E-state index contributed by atoms with van der Waals surface area (Å²) >= 11 is 2.72. The Hall–Kier alpha value is -2.06. The van der Waals surface area contributed by atoms with Crippen LogP contribution in [0.3, 0.4) is 0 Å². The van der Waals surface area contributed by atoms with E-state index in [0.717, 1.165) is 5.69 Å². The number of thioether (sulfide) groups is 1. The first-order valence-corrected chi connectivity index (χ1v) is 8.45. The number of benzene rings is 1. The highest BCUT2D eigenvalue weighted by molar-refractivity contribution is 7.99. The van der Waals surface area contributed by atoms with Gasteiger partial charge >= 0.3 is 0 Å². The molecule has 8 heteroatoms. The van der Waals surface area contributed by atoms with E-state index in [9.17, 15) is 9.59 Å². The first kappa shape index (κ1) is 16.3. The number of thiazole rings is 1. The lowest BCUT2D eigenvalue weighted by atomic mass is 10.3. The van der Waals surface area contributed by atoms with Gasteiger partial charge < -0.3 is 10.5 Å². The smallest absolute Gasteiger partial charge is 0.264 e. The molecule has 0 spiro atoms. The summed E-state index contributed by atoms with van der Waals surface area (Å²) in [5.74, 6) is 0.849. The number of ether oxygens (including phenoxy) is 1. The molecule has 0 unspecified atom stereocenters. The molecular weight excluding hydrogens is 322 g/mol. The van der Waals surface area contributed by atoms with E-state index in [1.807, 2.05) is 23.6 Å². The van der Waals surface area contributed by atoms with Crippen LogP contribution < -0.4 is 15.8 Å². The quantitative estimate of drug-likeness (QED) is 0.767. The van der Waals surface area contributed by atoms with Gasteiger partial charge in [-0.3, -0.25) is 14.9 Å². The number of para-hydroxylation sites is 1. The number of aromatic nitrogens is 1. The number of anilines is 1. The van der Waals surface area contributed by atoms with Gasteiger partial charge in [-0.1, -0.05) is 18.2 Å². The third-order valence-electron chi connectivity index (χ3n) is 2.41. The van der Waals surface area contributed by atoms with Gasteiger partial charge in [-0.05, 0) is 12.1 Å². The number of amides is 2. The molecule has 2 amide bonds. The summed E-state index contributed by atoms with van der Waals surface area (Å²) in [6.07, 6.45) is 0. The highest BCUT2D eigenvalue weighted by Gasteiger charge is 2.08. The fourth-order valence-electron chi connectivity index (χ4n) is 1.51. The predicted molar refractivity (Wildman–Crippen MR) is 88.0 cm³/mol. The Balaban J connectivity index is 1.75. The Kier molecular flexibility index (Phi) is 6.23. The van der Waals surface area contributed by atoms with E-state index in [1.54, 1.807) is 12.1 Å². The molecule has 0 radical (unpaired) electrons. The number of carbonyl (C=O) groups is 2. The van der Waals surface area contributed by atoms with Gasteiger partial charge in [0.2, 0.25) is 5.91 Å². The Morgan fingerprint density at radius 1 is 1.32 bits per heavy atom. The zero-order valence-electron chi connectivity index (χ0n) is 11.7. The van der Waals surface area contributed by atoms with Crippen LogP contribution in [0, 0.1) is 0 Å². The minimum absolute atomic E-state index is 0.0741. The Bertz CT molecular complexity index is 631. The Labute approximate surface area is 136 Å². The summed E-state index contributed by atoms with van der Waals surface area (Å²) in [6, 6.07) is 9.12. The summed E-state index contributed by atoms with van der Waals surface area (Å²) in [7, 11) is 0. The molecule has 0 aliphatic rings. The second-order valence-corrected chi connectivity index (χ2v) is 6.10. The van der Waals surface area contributed by atoms with Gasteiger partial charge in [0.25, 0.3) is 5.91 Å². The van der Waals surface area contributed by atoms with Crippen LogP contribution in [0.2, 0.25) is 0 Å². The van der Waals surface area contributed by atoms with Gasteiger partial charge in [-0.25, -0.2) is 4.98 Å². The maximum atomic E-state index is 11.8. The molecule has 0 saturated carbocycles. The number of nitrogens with one attached hydrogen (secondary N) is 1. The lowest BCUT2D eigenvalue weighted by Gasteiger charge is -2.05. The molecule has 2 rings (SSSR count). The molecule has 0 aliphatic heterocycles. The molecule has 2 aromatic rings. The Morgan fingerprint density at radius 2 is 2.09 bits per heavy atom. The molecule has 6 nitrogen and oxygen atoms in total. The molecule has 0 aliphatic carbocycles. The van der Waals surface area contributed by atoms with E-state index in [0.29, 0.717) is 16.6 Å². The van der Waals surface area contributed by atoms with Crippen LogP contribution in [-0.2, 0) is 15.3 Å². The SMILES string of the molecule is NC(=O)CSCc1csc(NC(=O)COc2ccccc2)n1. The van der Waals surface area contributed by atoms with Crippen molar-refractivity contribution in [3.63, 3.8) is 0 Å². The molecule has 0 bridgehead atoms. The molecule has 1 aromatic carbocycles. The molecule has 1 heterocycles. The highest BCUT2D eigenvalue weighted by atomic mass is 32.2. The number of carbonyl (C=O) groups excluding carboxylic acids is 2. The normalized spacial score (nSPS) is 10.2.